The summed E-state index contributed by atoms with van der Waals surface area (Å²) in [6, 6.07) is 0. The highest BCUT2D eigenvalue weighted by Gasteiger charge is 1.71. The van der Waals surface area contributed by atoms with Gasteiger partial charge in [0, 0.05) is 56.7 Å². The van der Waals surface area contributed by atoms with Crippen LogP contribution in [0.25, 0.3) is 0 Å². The number of hydrogen-bond donors (Lipinski definition) is 8. The van der Waals surface area contributed by atoms with E-state index in [1.54, 1.807) is 0 Å². The molecular weight excluding hydrogens is 519 g/mol. The Kier molecular flexibility index (Phi) is 95.7. The second kappa shape index (κ2) is 70.3. The highest BCUT2D eigenvalue weighted by molar-refractivity contribution is 7.43. The predicted molar refractivity (Wildman–Crippen MR) is 164 cm³/mol. The maximum Gasteiger partial charge on any atom is 0.138 e. The normalized spacial score (nSPS) is 9.00. The van der Waals surface area contributed by atoms with Crippen molar-refractivity contribution < 1.29 is 30.6 Å². The van der Waals surface area contributed by atoms with Crippen LogP contribution in [0, 0.1) is 0 Å². The number of nitrogens with one attached hydrogen (secondary N) is 2. The molecule has 0 aliphatic rings. The van der Waals surface area contributed by atoms with Crippen LogP contribution >= 0.6 is 25.5 Å². The van der Waals surface area contributed by atoms with E-state index in [1.807, 2.05) is 0 Å². The van der Waals surface area contributed by atoms with Gasteiger partial charge in [-0.25, -0.2) is 0 Å². The molecule has 36 heavy (non-hydrogen) atoms. The van der Waals surface area contributed by atoms with Gasteiger partial charge in [0.25, 0.3) is 0 Å². The fraction of sp³-hybridized carbons (Fsp3) is 1.00. The molecule has 226 valence electrons. The molecule has 8 N–H and O–H groups in total. The van der Waals surface area contributed by atoms with Crippen LogP contribution in [0.15, 0.2) is 0 Å². The molecule has 0 saturated heterocycles. The maximum absolute atomic E-state index is 8.07. The summed E-state index contributed by atoms with van der Waals surface area (Å²) in [5, 5.41) is 48.4. The Balaban J connectivity index is -0.0000000731. The number of aromatic nitrogens is 3. The first kappa shape index (κ1) is 49.1. The number of rotatable bonds is 12. The highest BCUT2D eigenvalue weighted by Crippen LogP contribution is 2.01. The van der Waals surface area contributed by atoms with Gasteiger partial charge < -0.3 is 39.7 Å². The Morgan fingerprint density at radius 1 is 0.500 bits per heavy atom. The molecule has 1 rings (SSSR count). The Hall–Kier alpha value is 0.0600. The lowest BCUT2D eigenvalue weighted by Gasteiger charge is -1.79. The number of nitrogens with zero attached hydrogens (tertiary/aromatic N) is 1. The van der Waals surface area contributed by atoms with E-state index in [0.29, 0.717) is 56.7 Å². The minimum absolute atomic E-state index is 0.344. The molecule has 1 heterocycles. The van der Waals surface area contributed by atoms with E-state index < -0.39 is 0 Å². The molecule has 1 aromatic heterocycles. The SMILES string of the molecule is CCCCO.CCCCO.CCCCO.CCCCO.CCCCO.CCCCO.n1p[nH][pH][nH][pH]1. The summed E-state index contributed by atoms with van der Waals surface area (Å²) in [7, 11) is 2.36. The van der Waals surface area contributed by atoms with Crippen LogP contribution in [0.5, 0.6) is 0 Å². The lowest BCUT2D eigenvalue weighted by Crippen LogP contribution is -1.75. The molecule has 2 atom stereocenters. The number of hydrogen-bond acceptors (Lipinski definition) is 7. The van der Waals surface area contributed by atoms with E-state index >= 15 is 0 Å². The van der Waals surface area contributed by atoms with E-state index in [0.717, 1.165) is 85.6 Å². The van der Waals surface area contributed by atoms with Gasteiger partial charge in [0.1, 0.15) is 8.51 Å². The summed E-state index contributed by atoms with van der Waals surface area (Å²) in [4.78, 5) is 0. The van der Waals surface area contributed by atoms with Gasteiger partial charge in [0.05, 0.1) is 0 Å². The van der Waals surface area contributed by atoms with Crippen LogP contribution in [0.2, 0.25) is 0 Å². The van der Waals surface area contributed by atoms with Gasteiger partial charge >= 0.3 is 0 Å². The third-order valence-electron chi connectivity index (χ3n) is 3.39. The van der Waals surface area contributed by atoms with Crippen LogP contribution in [0.4, 0.5) is 0 Å². The molecule has 0 aromatic carbocycles. The van der Waals surface area contributed by atoms with E-state index in [9.17, 15) is 0 Å². The Morgan fingerprint density at radius 2 is 0.750 bits per heavy atom. The van der Waals surface area contributed by atoms with Crippen LogP contribution in [0.1, 0.15) is 119 Å². The molecule has 0 radical (unpaired) electrons. The monoisotopic (exact) mass is 583 g/mol. The molecule has 9 nitrogen and oxygen atoms in total. The van der Waals surface area contributed by atoms with E-state index in [-0.39, 0.29) is 0 Å². The zero-order valence-corrected chi connectivity index (χ0v) is 27.2. The molecule has 0 aliphatic heterocycles. The average Bonchev–Trinajstić information content (AvgIpc) is 2.90. The highest BCUT2D eigenvalue weighted by atomic mass is 31.1. The maximum atomic E-state index is 8.07. The summed E-state index contributed by atoms with van der Waals surface area (Å²) >= 11 is 0. The fourth-order valence-corrected chi connectivity index (χ4v) is 3.75. The van der Waals surface area contributed by atoms with Gasteiger partial charge in [-0.05, 0) is 38.5 Å². The van der Waals surface area contributed by atoms with Gasteiger partial charge in [-0.2, -0.15) is 4.51 Å². The van der Waals surface area contributed by atoms with Crippen molar-refractivity contribution in [1.82, 2.24) is 13.5 Å². The number of aliphatic hydroxyl groups is 6. The number of unbranched alkanes of at least 4 members (excludes halogenated alkanes) is 6. The van der Waals surface area contributed by atoms with Crippen molar-refractivity contribution >= 4 is 25.5 Å². The first-order valence-corrected chi connectivity index (χ1v) is 16.3. The average molecular weight is 584 g/mol. The summed E-state index contributed by atoms with van der Waals surface area (Å²) in [6.07, 6.45) is 12.2. The van der Waals surface area contributed by atoms with Crippen LogP contribution in [-0.2, 0) is 0 Å². The lowest BCUT2D eigenvalue weighted by atomic mass is 10.4. The van der Waals surface area contributed by atoms with Crippen LogP contribution in [-0.4, -0.2) is 83.8 Å². The van der Waals surface area contributed by atoms with Gasteiger partial charge in [-0.15, -0.1) is 0 Å². The number of aliphatic hydroxyl groups excluding tert-OH is 6. The number of H-pyrrole nitrogens is 2. The summed E-state index contributed by atoms with van der Waals surface area (Å²) in [5.41, 5.74) is 0. The third-order valence-corrected chi connectivity index (χ3v) is 5.99. The summed E-state index contributed by atoms with van der Waals surface area (Å²) in [6.45, 7) is 14.4. The van der Waals surface area contributed by atoms with Crippen molar-refractivity contribution in [1.29, 1.82) is 0 Å². The molecule has 0 amide bonds. The van der Waals surface area contributed by atoms with Crippen molar-refractivity contribution in [2.75, 3.05) is 39.6 Å². The summed E-state index contributed by atoms with van der Waals surface area (Å²) in [5.74, 6) is 0. The van der Waals surface area contributed by atoms with Crippen LogP contribution < -0.4 is 0 Å². The lowest BCUT2D eigenvalue weighted by molar-refractivity contribution is 0.286. The largest absolute Gasteiger partial charge is 0.396 e. The van der Waals surface area contributed by atoms with Crippen LogP contribution in [0.3, 0.4) is 0 Å². The van der Waals surface area contributed by atoms with Gasteiger partial charge in [0.15, 0.2) is 0 Å². The number of aromatic amines is 2. The Labute approximate surface area is 227 Å². The second-order valence-corrected chi connectivity index (χ2v) is 10.5. The standard InChI is InChI=1S/6C4H10O.H4N3P3/c6*1-2-3-4-5;1-4-2-6-3-5-1/h6*5H,2-4H2,1H3;1,4-5H,(H,2,3). The Morgan fingerprint density at radius 3 is 0.778 bits per heavy atom. The summed E-state index contributed by atoms with van der Waals surface area (Å²) < 4.78 is 10.0. The molecular formula is C24H64N3O6P3. The minimum atomic E-state index is 0.344. The minimum Gasteiger partial charge on any atom is -0.396 e. The zero-order valence-electron chi connectivity index (χ0n) is 24.3. The predicted octanol–water partition coefficient (Wildman–Crippen LogP) is 6.18. The third kappa shape index (κ3) is 114. The Bertz CT molecular complexity index is 282. The van der Waals surface area contributed by atoms with E-state index in [1.165, 1.54) is 0 Å². The first-order valence-electron chi connectivity index (χ1n) is 13.5. The molecule has 0 spiro atoms. The van der Waals surface area contributed by atoms with Crippen molar-refractivity contribution in [2.24, 2.45) is 0 Å². The quantitative estimate of drug-likeness (QED) is 0.145. The topological polar surface area (TPSA) is 166 Å². The zero-order chi connectivity index (χ0) is 29.0. The van der Waals surface area contributed by atoms with Crippen molar-refractivity contribution in [3.05, 3.63) is 0 Å². The van der Waals surface area contributed by atoms with E-state index in [4.69, 9.17) is 30.6 Å². The molecule has 1 aromatic rings. The smallest absolute Gasteiger partial charge is 0.138 e. The van der Waals surface area contributed by atoms with E-state index in [2.05, 4.69) is 55.1 Å². The van der Waals surface area contributed by atoms with Crippen molar-refractivity contribution in [3.63, 3.8) is 0 Å². The van der Waals surface area contributed by atoms with Gasteiger partial charge in [-0.3, -0.25) is 0 Å². The molecule has 0 saturated carbocycles. The first-order chi connectivity index (χ1) is 17.5. The fourth-order valence-electron chi connectivity index (χ4n) is 1.10. The molecule has 12 heteroatoms. The molecule has 0 aliphatic carbocycles. The second-order valence-electron chi connectivity index (χ2n) is 7.14. The van der Waals surface area contributed by atoms with Crippen molar-refractivity contribution in [2.45, 2.75) is 119 Å². The van der Waals surface area contributed by atoms with Crippen molar-refractivity contribution in [3.8, 4) is 0 Å². The van der Waals surface area contributed by atoms with Gasteiger partial charge in [0.2, 0.25) is 0 Å². The molecule has 0 bridgehead atoms. The molecule has 0 fully saturated rings. The molecule has 2 unspecified atom stereocenters. The van der Waals surface area contributed by atoms with Gasteiger partial charge in [-0.1, -0.05) is 80.1 Å².